The maximum absolute atomic E-state index is 11.0. The van der Waals surface area contributed by atoms with Gasteiger partial charge in [-0.2, -0.15) is 0 Å². The molecule has 2 saturated carbocycles. The lowest BCUT2D eigenvalue weighted by Gasteiger charge is -2.52. The van der Waals surface area contributed by atoms with Crippen LogP contribution in [0.5, 0.6) is 0 Å². The molecule has 0 atom stereocenters. The van der Waals surface area contributed by atoms with Crippen LogP contribution in [0.15, 0.2) is 30.3 Å². The average molecular weight is 230 g/mol. The third-order valence-electron chi connectivity index (χ3n) is 4.05. The number of Topliss-reactive ketones (excluding diaryl/α,β-unsaturated/α-hetero) is 1. The van der Waals surface area contributed by atoms with Gasteiger partial charge in [-0.25, -0.2) is 0 Å². The van der Waals surface area contributed by atoms with E-state index in [4.69, 9.17) is 4.74 Å². The quantitative estimate of drug-likeness (QED) is 0.795. The molecule has 0 N–H and O–H groups in total. The molecule has 3 rings (SSSR count). The van der Waals surface area contributed by atoms with Crippen molar-refractivity contribution in [3.8, 4) is 0 Å². The molecule has 1 aromatic carbocycles. The summed E-state index contributed by atoms with van der Waals surface area (Å²) in [7, 11) is 0. The molecule has 2 fully saturated rings. The van der Waals surface area contributed by atoms with E-state index in [1.165, 1.54) is 18.4 Å². The first-order valence-electron chi connectivity index (χ1n) is 6.39. The minimum Gasteiger partial charge on any atom is -0.376 e. The van der Waals surface area contributed by atoms with E-state index in [0.29, 0.717) is 23.7 Å². The second kappa shape index (κ2) is 4.26. The van der Waals surface area contributed by atoms with Crippen molar-refractivity contribution in [1.82, 2.24) is 0 Å². The van der Waals surface area contributed by atoms with Gasteiger partial charge in [0.2, 0.25) is 0 Å². The molecule has 2 aliphatic rings. The van der Waals surface area contributed by atoms with Crippen molar-refractivity contribution < 1.29 is 9.53 Å². The normalized spacial score (nSPS) is 22.2. The SMILES string of the molecule is O=C1CC2(C1)CC(COCc1ccccc1)C2. The predicted octanol–water partition coefficient (Wildman–Crippen LogP) is 2.96. The van der Waals surface area contributed by atoms with Crippen molar-refractivity contribution in [1.29, 1.82) is 0 Å². The van der Waals surface area contributed by atoms with Crippen LogP contribution >= 0.6 is 0 Å². The molecule has 0 radical (unpaired) electrons. The molecule has 2 nitrogen and oxygen atoms in total. The molecule has 0 aliphatic heterocycles. The molecule has 2 aliphatic carbocycles. The summed E-state index contributed by atoms with van der Waals surface area (Å²) in [4.78, 5) is 11.0. The highest BCUT2D eigenvalue weighted by atomic mass is 16.5. The molecule has 0 aromatic heterocycles. The molecule has 17 heavy (non-hydrogen) atoms. The Hall–Kier alpha value is -1.15. The highest BCUT2D eigenvalue weighted by Crippen LogP contribution is 2.56. The Morgan fingerprint density at radius 1 is 1.18 bits per heavy atom. The molecule has 90 valence electrons. The number of carbonyl (C=O) groups is 1. The van der Waals surface area contributed by atoms with Gasteiger partial charge in [0.05, 0.1) is 6.61 Å². The van der Waals surface area contributed by atoms with Gasteiger partial charge < -0.3 is 4.74 Å². The zero-order chi connectivity index (χ0) is 11.7. The Labute approximate surface area is 102 Å². The smallest absolute Gasteiger partial charge is 0.134 e. The molecular formula is C15H18O2. The fraction of sp³-hybridized carbons (Fsp3) is 0.533. The summed E-state index contributed by atoms with van der Waals surface area (Å²) < 4.78 is 5.73. The lowest BCUT2D eigenvalue weighted by atomic mass is 9.51. The van der Waals surface area contributed by atoms with Crippen LogP contribution in [0.25, 0.3) is 0 Å². The highest BCUT2D eigenvalue weighted by molar-refractivity contribution is 5.86. The molecular weight excluding hydrogens is 212 g/mol. The third-order valence-corrected chi connectivity index (χ3v) is 4.05. The molecule has 0 amide bonds. The van der Waals surface area contributed by atoms with E-state index >= 15 is 0 Å². The summed E-state index contributed by atoms with van der Waals surface area (Å²) in [6, 6.07) is 10.3. The first kappa shape index (κ1) is 11.0. The van der Waals surface area contributed by atoms with E-state index in [0.717, 1.165) is 19.4 Å². The maximum Gasteiger partial charge on any atom is 0.134 e. The van der Waals surface area contributed by atoms with Gasteiger partial charge in [-0.15, -0.1) is 0 Å². The minimum absolute atomic E-state index is 0.415. The number of ketones is 1. The van der Waals surface area contributed by atoms with Crippen LogP contribution < -0.4 is 0 Å². The monoisotopic (exact) mass is 230 g/mol. The Morgan fingerprint density at radius 2 is 1.88 bits per heavy atom. The molecule has 0 bridgehead atoms. The van der Waals surface area contributed by atoms with Crippen LogP contribution in [0, 0.1) is 11.3 Å². The number of ether oxygens (including phenoxy) is 1. The molecule has 2 heteroatoms. The Bertz CT molecular complexity index is 394. The van der Waals surface area contributed by atoms with Crippen molar-refractivity contribution in [2.24, 2.45) is 11.3 Å². The van der Waals surface area contributed by atoms with Gasteiger partial charge in [0.15, 0.2) is 0 Å². The van der Waals surface area contributed by atoms with Crippen molar-refractivity contribution >= 4 is 5.78 Å². The summed E-state index contributed by atoms with van der Waals surface area (Å²) >= 11 is 0. The van der Waals surface area contributed by atoms with Gasteiger partial charge >= 0.3 is 0 Å². The second-order valence-corrected chi connectivity index (χ2v) is 5.67. The average Bonchev–Trinajstić information content (AvgIpc) is 2.25. The summed E-state index contributed by atoms with van der Waals surface area (Å²) in [5.41, 5.74) is 1.65. The van der Waals surface area contributed by atoms with Crippen molar-refractivity contribution in [2.75, 3.05) is 6.61 Å². The fourth-order valence-corrected chi connectivity index (χ4v) is 3.27. The lowest BCUT2D eigenvalue weighted by Crippen LogP contribution is -2.49. The van der Waals surface area contributed by atoms with E-state index in [-0.39, 0.29) is 0 Å². The van der Waals surface area contributed by atoms with Gasteiger partial charge in [-0.3, -0.25) is 4.79 Å². The molecule has 1 aromatic rings. The van der Waals surface area contributed by atoms with Crippen molar-refractivity contribution in [3.63, 3.8) is 0 Å². The zero-order valence-corrected chi connectivity index (χ0v) is 10.0. The van der Waals surface area contributed by atoms with Crippen LogP contribution in [0.2, 0.25) is 0 Å². The van der Waals surface area contributed by atoms with Crippen molar-refractivity contribution in [3.05, 3.63) is 35.9 Å². The largest absolute Gasteiger partial charge is 0.376 e. The summed E-state index contributed by atoms with van der Waals surface area (Å²) in [6.45, 7) is 1.56. The number of hydrogen-bond acceptors (Lipinski definition) is 2. The van der Waals surface area contributed by atoms with Crippen molar-refractivity contribution in [2.45, 2.75) is 32.3 Å². The first-order chi connectivity index (χ1) is 8.26. The zero-order valence-electron chi connectivity index (χ0n) is 10.0. The van der Waals surface area contributed by atoms with E-state index in [1.54, 1.807) is 0 Å². The molecule has 0 heterocycles. The van der Waals surface area contributed by atoms with Gasteiger partial charge in [0.25, 0.3) is 0 Å². The molecule has 1 spiro atoms. The Kier molecular flexibility index (Phi) is 2.75. The van der Waals surface area contributed by atoms with Crippen LogP contribution in [0.1, 0.15) is 31.2 Å². The standard InChI is InChI=1S/C15H18O2/c16-14-8-15(9-14)6-13(7-15)11-17-10-12-4-2-1-3-5-12/h1-5,13H,6-11H2. The Morgan fingerprint density at radius 3 is 2.53 bits per heavy atom. The van der Waals surface area contributed by atoms with E-state index < -0.39 is 0 Å². The minimum atomic E-state index is 0.415. The van der Waals surface area contributed by atoms with Crippen LogP contribution in [0.4, 0.5) is 0 Å². The number of rotatable bonds is 4. The summed E-state index contributed by atoms with van der Waals surface area (Å²) in [5, 5.41) is 0. The van der Waals surface area contributed by atoms with Crippen LogP contribution in [-0.4, -0.2) is 12.4 Å². The number of benzene rings is 1. The number of hydrogen-bond donors (Lipinski definition) is 0. The maximum atomic E-state index is 11.0. The van der Waals surface area contributed by atoms with Gasteiger partial charge in [-0.1, -0.05) is 30.3 Å². The summed E-state index contributed by atoms with van der Waals surface area (Å²) in [5.74, 6) is 1.14. The highest BCUT2D eigenvalue weighted by Gasteiger charge is 2.52. The molecule has 0 saturated heterocycles. The van der Waals surface area contributed by atoms with E-state index in [1.807, 2.05) is 18.2 Å². The predicted molar refractivity (Wildman–Crippen MR) is 65.5 cm³/mol. The number of carbonyl (C=O) groups excluding carboxylic acids is 1. The fourth-order valence-electron chi connectivity index (χ4n) is 3.27. The van der Waals surface area contributed by atoms with Crippen LogP contribution in [-0.2, 0) is 16.1 Å². The van der Waals surface area contributed by atoms with Crippen LogP contribution in [0.3, 0.4) is 0 Å². The van der Waals surface area contributed by atoms with Gasteiger partial charge in [0, 0.05) is 19.4 Å². The third kappa shape index (κ3) is 2.27. The molecule has 0 unspecified atom stereocenters. The Balaban J connectivity index is 1.36. The summed E-state index contributed by atoms with van der Waals surface area (Å²) in [6.07, 6.45) is 4.07. The topological polar surface area (TPSA) is 26.3 Å². The van der Waals surface area contributed by atoms with Gasteiger partial charge in [-0.05, 0) is 29.7 Å². The van der Waals surface area contributed by atoms with E-state index in [9.17, 15) is 4.79 Å². The lowest BCUT2D eigenvalue weighted by molar-refractivity contribution is -0.144. The first-order valence-corrected chi connectivity index (χ1v) is 6.39. The van der Waals surface area contributed by atoms with Gasteiger partial charge in [0.1, 0.15) is 5.78 Å². The second-order valence-electron chi connectivity index (χ2n) is 5.67. The van der Waals surface area contributed by atoms with E-state index in [2.05, 4.69) is 12.1 Å².